The Balaban J connectivity index is 1.30. The zero-order chi connectivity index (χ0) is 28.7. The minimum atomic E-state index is -1.11. The monoisotopic (exact) mass is 600 g/mol. The molecule has 0 aliphatic carbocycles. The second-order valence-electron chi connectivity index (χ2n) is 10.9. The third-order valence-corrected chi connectivity index (χ3v) is 8.72. The van der Waals surface area contributed by atoms with Crippen LogP contribution in [0.2, 0.25) is 5.02 Å². The third kappa shape index (κ3) is 5.81. The Morgan fingerprint density at radius 1 is 1.15 bits per heavy atom. The molecular formula is C29H32ClF2N6O2P. The minimum absolute atomic E-state index is 0.110. The predicted octanol–water partition coefficient (Wildman–Crippen LogP) is 4.07. The van der Waals surface area contributed by atoms with E-state index in [1.54, 1.807) is 30.6 Å². The van der Waals surface area contributed by atoms with Gasteiger partial charge in [0.1, 0.15) is 23.3 Å². The van der Waals surface area contributed by atoms with Crippen LogP contribution in [-0.2, 0) is 0 Å². The van der Waals surface area contributed by atoms with Crippen molar-refractivity contribution in [2.45, 2.75) is 43.6 Å². The zero-order valence-corrected chi connectivity index (χ0v) is 24.3. The molecule has 2 aliphatic heterocycles. The van der Waals surface area contributed by atoms with E-state index in [1.165, 1.54) is 6.07 Å². The average Bonchev–Trinajstić information content (AvgIpc) is 3.61. The molecule has 8 nitrogen and oxygen atoms in total. The molecular weight excluding hydrogens is 569 g/mol. The molecule has 2 N–H and O–H groups in total. The molecule has 4 aromatic rings. The summed E-state index contributed by atoms with van der Waals surface area (Å²) in [4.78, 5) is 13.4. The maximum atomic E-state index is 14.8. The highest BCUT2D eigenvalue weighted by molar-refractivity contribution is 7.27. The lowest BCUT2D eigenvalue weighted by Crippen LogP contribution is -2.40. The number of rotatable bonds is 7. The number of piperidine rings is 1. The largest absolute Gasteiger partial charge is 0.394 e. The van der Waals surface area contributed by atoms with Crippen molar-refractivity contribution in [1.29, 1.82) is 0 Å². The van der Waals surface area contributed by atoms with Gasteiger partial charge >= 0.3 is 0 Å². The van der Waals surface area contributed by atoms with E-state index in [9.17, 15) is 13.9 Å². The Morgan fingerprint density at radius 2 is 1.95 bits per heavy atom. The van der Waals surface area contributed by atoms with E-state index in [0.29, 0.717) is 39.5 Å². The van der Waals surface area contributed by atoms with E-state index in [2.05, 4.69) is 24.2 Å². The van der Waals surface area contributed by atoms with Crippen LogP contribution in [0.3, 0.4) is 0 Å². The smallest absolute Gasteiger partial charge is 0.130 e. The first-order valence-electron chi connectivity index (χ1n) is 13.8. The van der Waals surface area contributed by atoms with Gasteiger partial charge in [0.15, 0.2) is 0 Å². The Bertz CT molecular complexity index is 1550. The summed E-state index contributed by atoms with van der Waals surface area (Å²) in [5.41, 5.74) is 3.15. The van der Waals surface area contributed by atoms with Crippen LogP contribution in [0.15, 0.2) is 48.9 Å². The van der Waals surface area contributed by atoms with Gasteiger partial charge < -0.3 is 20.0 Å². The van der Waals surface area contributed by atoms with Crippen molar-refractivity contribution < 1.29 is 19.0 Å². The van der Waals surface area contributed by atoms with Gasteiger partial charge in [-0.05, 0) is 42.4 Å². The molecule has 216 valence electrons. The standard InChI is InChI=1S/C29H32ClF2N6O2P/c30-23-12-33-25-3-4-27(37-14-18(31)9-26(37)22-10-21(41)1-2-24(22)32)35-29(25)28(23)17-11-34-38(13-17)19-5-7-36(8-6-19)15-20(40)16-39/h1-4,10-13,18-20,26,39-40H,5-9,14-16,41H2/t18-,20+,26+/m0/s1. The summed E-state index contributed by atoms with van der Waals surface area (Å²) < 4.78 is 31.6. The lowest BCUT2D eigenvalue weighted by atomic mass is 10.0. The number of hydrogen-bond acceptors (Lipinski definition) is 7. The van der Waals surface area contributed by atoms with E-state index in [4.69, 9.17) is 21.7 Å². The topological polar surface area (TPSA) is 90.5 Å². The van der Waals surface area contributed by atoms with E-state index < -0.39 is 18.3 Å². The number of halogens is 3. The lowest BCUT2D eigenvalue weighted by molar-refractivity contribution is 0.0474. The molecule has 1 aromatic carbocycles. The highest BCUT2D eigenvalue weighted by Gasteiger charge is 2.36. The molecule has 0 amide bonds. The summed E-state index contributed by atoms with van der Waals surface area (Å²) in [6.45, 7) is 1.92. The second-order valence-corrected chi connectivity index (χ2v) is 12.0. The molecule has 4 atom stereocenters. The number of β-amino-alcohol motifs (C(OH)–C–C–N with tert-alkyl or cyclic N) is 1. The Morgan fingerprint density at radius 3 is 2.73 bits per heavy atom. The van der Waals surface area contributed by atoms with Gasteiger partial charge in [-0.25, -0.2) is 13.8 Å². The summed E-state index contributed by atoms with van der Waals surface area (Å²) in [7, 11) is 2.57. The van der Waals surface area contributed by atoms with E-state index >= 15 is 0 Å². The number of aromatic nitrogens is 4. The second kappa shape index (κ2) is 11.9. The molecule has 0 bridgehead atoms. The van der Waals surface area contributed by atoms with Crippen LogP contribution in [0.4, 0.5) is 14.6 Å². The fourth-order valence-corrected chi connectivity index (χ4v) is 6.53. The molecule has 41 heavy (non-hydrogen) atoms. The Hall–Kier alpha value is -2.75. The number of alkyl halides is 1. The first-order chi connectivity index (χ1) is 19.8. The maximum absolute atomic E-state index is 14.8. The number of hydrogen-bond donors (Lipinski definition) is 2. The number of benzene rings is 1. The number of aliphatic hydroxyl groups is 2. The van der Waals surface area contributed by atoms with Crippen LogP contribution in [-0.4, -0.2) is 79.9 Å². The molecule has 3 aromatic heterocycles. The summed E-state index contributed by atoms with van der Waals surface area (Å²) in [6, 6.07) is 8.17. The van der Waals surface area contributed by atoms with Gasteiger partial charge in [-0.3, -0.25) is 9.67 Å². The predicted molar refractivity (Wildman–Crippen MR) is 159 cm³/mol. The van der Waals surface area contributed by atoms with Gasteiger partial charge in [0, 0.05) is 55.1 Å². The molecule has 1 unspecified atom stereocenters. The molecule has 2 fully saturated rings. The molecule has 0 radical (unpaired) electrons. The fourth-order valence-electron chi connectivity index (χ4n) is 6.01. The Kier molecular flexibility index (Phi) is 8.21. The number of aliphatic hydroxyl groups excluding tert-OH is 2. The summed E-state index contributed by atoms with van der Waals surface area (Å²) >= 11 is 6.70. The number of pyridine rings is 2. The zero-order valence-electron chi connectivity index (χ0n) is 22.4. The number of anilines is 1. The molecule has 2 aliphatic rings. The van der Waals surface area contributed by atoms with Crippen LogP contribution < -0.4 is 10.2 Å². The van der Waals surface area contributed by atoms with E-state index in [0.717, 1.165) is 36.8 Å². The molecule has 6 rings (SSSR count). The van der Waals surface area contributed by atoms with Crippen LogP contribution >= 0.6 is 20.8 Å². The van der Waals surface area contributed by atoms with Gasteiger partial charge in [0.05, 0.1) is 48.1 Å². The summed E-state index contributed by atoms with van der Waals surface area (Å²) in [5.74, 6) is 0.167. The Labute approximate surface area is 244 Å². The van der Waals surface area contributed by atoms with Crippen LogP contribution in [0.5, 0.6) is 0 Å². The summed E-state index contributed by atoms with van der Waals surface area (Å²) in [6.07, 6.45) is 5.39. The number of likely N-dealkylation sites (tertiary alicyclic amines) is 1. The van der Waals surface area contributed by atoms with Crippen LogP contribution in [0.25, 0.3) is 22.2 Å². The van der Waals surface area contributed by atoms with Gasteiger partial charge in [0.25, 0.3) is 0 Å². The quantitative estimate of drug-likeness (QED) is 0.309. The molecule has 0 saturated carbocycles. The van der Waals surface area contributed by atoms with Gasteiger partial charge in [-0.1, -0.05) is 17.7 Å². The van der Waals surface area contributed by atoms with Crippen LogP contribution in [0.1, 0.15) is 36.9 Å². The highest BCUT2D eigenvalue weighted by Crippen LogP contribution is 2.40. The van der Waals surface area contributed by atoms with E-state index in [-0.39, 0.29) is 31.4 Å². The lowest BCUT2D eigenvalue weighted by Gasteiger charge is -2.32. The summed E-state index contributed by atoms with van der Waals surface area (Å²) in [5, 5.41) is 24.8. The number of nitrogens with zero attached hydrogens (tertiary/aromatic N) is 6. The van der Waals surface area contributed by atoms with Crippen molar-refractivity contribution in [3.63, 3.8) is 0 Å². The first kappa shape index (κ1) is 28.4. The third-order valence-electron chi connectivity index (χ3n) is 8.08. The van der Waals surface area contributed by atoms with Crippen molar-refractivity contribution in [3.8, 4) is 11.1 Å². The fraction of sp³-hybridized carbons (Fsp3) is 0.414. The number of fused-ring (bicyclic) bond motifs is 1. The molecule has 0 spiro atoms. The van der Waals surface area contributed by atoms with Crippen molar-refractivity contribution >= 4 is 43.0 Å². The van der Waals surface area contributed by atoms with Crippen molar-refractivity contribution in [2.24, 2.45) is 0 Å². The highest BCUT2D eigenvalue weighted by atomic mass is 35.5. The normalized spacial score (nSPS) is 21.2. The maximum Gasteiger partial charge on any atom is 0.130 e. The SMILES string of the molecule is OC[C@H](O)CN1CCC(n2cc(-c3c(Cl)cnc4ccc(N5C[C@@H](F)C[C@@H]5c5cc(P)ccc5F)nc34)cn2)CC1. The van der Waals surface area contributed by atoms with Crippen molar-refractivity contribution in [1.82, 2.24) is 24.6 Å². The minimum Gasteiger partial charge on any atom is -0.394 e. The molecule has 2 saturated heterocycles. The van der Waals surface area contributed by atoms with Crippen molar-refractivity contribution in [3.05, 3.63) is 65.3 Å². The molecule has 5 heterocycles. The van der Waals surface area contributed by atoms with Crippen molar-refractivity contribution in [2.75, 3.05) is 37.7 Å². The molecule has 12 heteroatoms. The van der Waals surface area contributed by atoms with Crippen LogP contribution in [0, 0.1) is 5.82 Å². The first-order valence-corrected chi connectivity index (χ1v) is 14.7. The van der Waals surface area contributed by atoms with Gasteiger partial charge in [-0.15, -0.1) is 9.24 Å². The van der Waals surface area contributed by atoms with E-state index in [1.807, 2.05) is 21.8 Å². The average molecular weight is 601 g/mol. The van der Waals surface area contributed by atoms with Gasteiger partial charge in [0.2, 0.25) is 0 Å². The van der Waals surface area contributed by atoms with Gasteiger partial charge in [-0.2, -0.15) is 5.10 Å².